The molecule has 1 aliphatic heterocycles. The minimum atomic E-state index is 0.518. The maximum atomic E-state index is 6.02. The predicted octanol–water partition coefficient (Wildman–Crippen LogP) is 4.71. The Bertz CT molecular complexity index is 1250. The summed E-state index contributed by atoms with van der Waals surface area (Å²) >= 11 is 0. The summed E-state index contributed by atoms with van der Waals surface area (Å²) in [5.41, 5.74) is 4.05. The Kier molecular flexibility index (Phi) is 7.07. The highest BCUT2D eigenvalue weighted by Crippen LogP contribution is 2.22. The molecule has 0 radical (unpaired) electrons. The minimum Gasteiger partial charge on any atom is -0.477 e. The summed E-state index contributed by atoms with van der Waals surface area (Å²) in [6.45, 7) is 4.28. The SMILES string of the molecule is C(=NCc1ccc2ccccc2c1)c1cc(N2CCOCC2)cc(OCCc2ccccn2)n1. The van der Waals surface area contributed by atoms with Gasteiger partial charge in [0.25, 0.3) is 0 Å². The number of nitrogens with zero attached hydrogens (tertiary/aromatic N) is 4. The van der Waals surface area contributed by atoms with Crippen molar-refractivity contribution in [2.24, 2.45) is 4.99 Å². The number of hydrogen-bond donors (Lipinski definition) is 0. The highest BCUT2D eigenvalue weighted by molar-refractivity contribution is 5.83. The third kappa shape index (κ3) is 5.77. The molecule has 1 saturated heterocycles. The first-order chi connectivity index (χ1) is 16.8. The Morgan fingerprint density at radius 2 is 1.79 bits per heavy atom. The number of hydrogen-bond acceptors (Lipinski definition) is 6. The zero-order chi connectivity index (χ0) is 23.0. The quantitative estimate of drug-likeness (QED) is 0.363. The van der Waals surface area contributed by atoms with E-state index in [2.05, 4.69) is 63.4 Å². The van der Waals surface area contributed by atoms with Crippen LogP contribution in [0.2, 0.25) is 0 Å². The van der Waals surface area contributed by atoms with Crippen LogP contribution in [0, 0.1) is 0 Å². The van der Waals surface area contributed by atoms with Crippen molar-refractivity contribution in [1.29, 1.82) is 0 Å². The molecule has 0 aliphatic carbocycles. The molecule has 34 heavy (non-hydrogen) atoms. The average molecular weight is 453 g/mol. The first kappa shape index (κ1) is 22.0. The first-order valence-corrected chi connectivity index (χ1v) is 11.7. The standard InChI is InChI=1S/C28H28N4O2/c1-2-6-24-17-22(8-9-23(24)5-1)20-29-21-26-18-27(32-12-15-33-16-13-32)19-28(31-26)34-14-10-25-7-3-4-11-30-25/h1-9,11,17-19,21H,10,12-16,20H2. The smallest absolute Gasteiger partial charge is 0.215 e. The van der Waals surface area contributed by atoms with Gasteiger partial charge in [-0.25, -0.2) is 4.98 Å². The molecule has 4 aromatic rings. The molecule has 1 aliphatic rings. The maximum absolute atomic E-state index is 6.02. The van der Waals surface area contributed by atoms with Gasteiger partial charge < -0.3 is 14.4 Å². The zero-order valence-corrected chi connectivity index (χ0v) is 19.1. The van der Waals surface area contributed by atoms with Gasteiger partial charge >= 0.3 is 0 Å². The van der Waals surface area contributed by atoms with Crippen molar-refractivity contribution in [3.05, 3.63) is 95.9 Å². The van der Waals surface area contributed by atoms with E-state index in [0.717, 1.165) is 49.8 Å². The number of rotatable bonds is 8. The highest BCUT2D eigenvalue weighted by atomic mass is 16.5. The van der Waals surface area contributed by atoms with Gasteiger partial charge in [-0.1, -0.05) is 42.5 Å². The van der Waals surface area contributed by atoms with Crippen LogP contribution >= 0.6 is 0 Å². The van der Waals surface area contributed by atoms with E-state index in [1.165, 1.54) is 16.3 Å². The molecule has 0 bridgehead atoms. The molecule has 172 valence electrons. The van der Waals surface area contributed by atoms with Crippen molar-refractivity contribution in [2.75, 3.05) is 37.8 Å². The number of aromatic nitrogens is 2. The van der Waals surface area contributed by atoms with Gasteiger partial charge in [0.2, 0.25) is 5.88 Å². The first-order valence-electron chi connectivity index (χ1n) is 11.7. The monoisotopic (exact) mass is 452 g/mol. The van der Waals surface area contributed by atoms with E-state index >= 15 is 0 Å². The third-order valence-corrected chi connectivity index (χ3v) is 5.83. The lowest BCUT2D eigenvalue weighted by Crippen LogP contribution is -2.36. The maximum Gasteiger partial charge on any atom is 0.215 e. The molecule has 0 atom stereocenters. The number of aliphatic imine (C=N–C) groups is 1. The van der Waals surface area contributed by atoms with Crippen LogP contribution in [0.5, 0.6) is 5.88 Å². The molecule has 6 heteroatoms. The lowest BCUT2D eigenvalue weighted by molar-refractivity contribution is 0.122. The predicted molar refractivity (Wildman–Crippen MR) is 136 cm³/mol. The molecule has 0 N–H and O–H groups in total. The summed E-state index contributed by atoms with van der Waals surface area (Å²) in [5.74, 6) is 0.604. The lowest BCUT2D eigenvalue weighted by Gasteiger charge is -2.29. The van der Waals surface area contributed by atoms with E-state index in [1.807, 2.05) is 30.5 Å². The van der Waals surface area contributed by atoms with Gasteiger partial charge in [-0.2, -0.15) is 0 Å². The largest absolute Gasteiger partial charge is 0.477 e. The van der Waals surface area contributed by atoms with Crippen LogP contribution in [-0.4, -0.2) is 49.1 Å². The fourth-order valence-electron chi connectivity index (χ4n) is 4.04. The fourth-order valence-corrected chi connectivity index (χ4v) is 4.04. The number of fused-ring (bicyclic) bond motifs is 1. The summed E-state index contributed by atoms with van der Waals surface area (Å²) in [6.07, 6.45) is 4.37. The van der Waals surface area contributed by atoms with Gasteiger partial charge in [-0.15, -0.1) is 0 Å². The molecule has 0 unspecified atom stereocenters. The van der Waals surface area contributed by atoms with Gasteiger partial charge in [0.15, 0.2) is 0 Å². The molecule has 0 amide bonds. The molecule has 2 aromatic carbocycles. The second kappa shape index (κ2) is 10.9. The third-order valence-electron chi connectivity index (χ3n) is 5.83. The van der Waals surface area contributed by atoms with Crippen molar-refractivity contribution < 1.29 is 9.47 Å². The van der Waals surface area contributed by atoms with E-state index in [4.69, 9.17) is 14.5 Å². The zero-order valence-electron chi connectivity index (χ0n) is 19.1. The second-order valence-corrected chi connectivity index (χ2v) is 8.26. The van der Waals surface area contributed by atoms with Gasteiger partial charge in [0.1, 0.15) is 0 Å². The molecule has 2 aromatic heterocycles. The van der Waals surface area contributed by atoms with Crippen LogP contribution < -0.4 is 9.64 Å². The molecule has 5 rings (SSSR count). The Morgan fingerprint density at radius 1 is 0.941 bits per heavy atom. The van der Waals surface area contributed by atoms with Crippen LogP contribution in [0.3, 0.4) is 0 Å². The van der Waals surface area contributed by atoms with E-state index in [0.29, 0.717) is 19.0 Å². The number of anilines is 1. The number of pyridine rings is 2. The molecule has 6 nitrogen and oxygen atoms in total. The van der Waals surface area contributed by atoms with Gasteiger partial charge in [-0.05, 0) is 40.6 Å². The Labute approximate surface area is 199 Å². The highest BCUT2D eigenvalue weighted by Gasteiger charge is 2.14. The van der Waals surface area contributed by atoms with Crippen LogP contribution in [0.25, 0.3) is 10.8 Å². The van der Waals surface area contributed by atoms with E-state index < -0.39 is 0 Å². The van der Waals surface area contributed by atoms with Crippen LogP contribution in [0.1, 0.15) is 17.0 Å². The number of morpholine rings is 1. The molecule has 1 fully saturated rings. The Hall–Kier alpha value is -3.77. The summed E-state index contributed by atoms with van der Waals surface area (Å²) in [5, 5.41) is 2.47. The number of benzene rings is 2. The van der Waals surface area contributed by atoms with Crippen LogP contribution in [0.4, 0.5) is 5.69 Å². The molecule has 3 heterocycles. The van der Waals surface area contributed by atoms with Crippen molar-refractivity contribution in [3.63, 3.8) is 0 Å². The summed E-state index contributed by atoms with van der Waals surface area (Å²) in [7, 11) is 0. The van der Waals surface area contributed by atoms with E-state index in [-0.39, 0.29) is 0 Å². The Morgan fingerprint density at radius 3 is 2.65 bits per heavy atom. The van der Waals surface area contributed by atoms with Crippen molar-refractivity contribution >= 4 is 22.7 Å². The van der Waals surface area contributed by atoms with Crippen molar-refractivity contribution in [1.82, 2.24) is 9.97 Å². The summed E-state index contributed by atoms with van der Waals surface area (Å²) in [4.78, 5) is 16.0. The van der Waals surface area contributed by atoms with Crippen LogP contribution in [0.15, 0.2) is 84.0 Å². The summed E-state index contributed by atoms with van der Waals surface area (Å²) in [6, 6.07) is 24.8. The molecule has 0 saturated carbocycles. The normalized spacial score (nSPS) is 14.1. The molecule has 0 spiro atoms. The van der Waals surface area contributed by atoms with Gasteiger partial charge in [0.05, 0.1) is 32.1 Å². The Balaban J connectivity index is 1.31. The van der Waals surface area contributed by atoms with E-state index in [9.17, 15) is 0 Å². The average Bonchev–Trinajstić information content (AvgIpc) is 2.90. The van der Waals surface area contributed by atoms with Gasteiger partial charge in [0, 0.05) is 49.4 Å². The van der Waals surface area contributed by atoms with Crippen LogP contribution in [-0.2, 0) is 17.7 Å². The lowest BCUT2D eigenvalue weighted by atomic mass is 10.1. The summed E-state index contributed by atoms with van der Waals surface area (Å²) < 4.78 is 11.5. The van der Waals surface area contributed by atoms with E-state index in [1.54, 1.807) is 6.20 Å². The topological polar surface area (TPSA) is 59.8 Å². The minimum absolute atomic E-state index is 0.518. The fraction of sp³-hybridized carbons (Fsp3) is 0.250. The van der Waals surface area contributed by atoms with Gasteiger partial charge in [-0.3, -0.25) is 9.98 Å². The second-order valence-electron chi connectivity index (χ2n) is 8.26. The number of ether oxygens (including phenoxy) is 2. The van der Waals surface area contributed by atoms with Crippen molar-refractivity contribution in [2.45, 2.75) is 13.0 Å². The molecular formula is C28H28N4O2. The molecular weight excluding hydrogens is 424 g/mol. The van der Waals surface area contributed by atoms with Crippen molar-refractivity contribution in [3.8, 4) is 5.88 Å².